The summed E-state index contributed by atoms with van der Waals surface area (Å²) in [5, 5.41) is 0. The fourth-order valence-electron chi connectivity index (χ4n) is 1.87. The monoisotopic (exact) mass is 227 g/mol. The second kappa shape index (κ2) is 5.06. The summed E-state index contributed by atoms with van der Waals surface area (Å²) in [7, 11) is 0. The molecule has 0 bridgehead atoms. The summed E-state index contributed by atoms with van der Waals surface area (Å²) in [5.74, 6) is 0.811. The molecule has 17 heavy (non-hydrogen) atoms. The van der Waals surface area contributed by atoms with Crippen LogP contribution in [0.4, 0.5) is 0 Å². The van der Waals surface area contributed by atoms with Gasteiger partial charge in [-0.2, -0.15) is 0 Å². The van der Waals surface area contributed by atoms with E-state index in [4.69, 9.17) is 5.73 Å². The molecule has 1 aromatic heterocycles. The van der Waals surface area contributed by atoms with E-state index in [1.54, 1.807) is 0 Å². The smallest absolute Gasteiger partial charge is 0.126 e. The molecular weight excluding hydrogens is 210 g/mol. The van der Waals surface area contributed by atoms with Crippen molar-refractivity contribution in [2.24, 2.45) is 5.73 Å². The van der Waals surface area contributed by atoms with Crippen LogP contribution in [0.15, 0.2) is 30.3 Å². The highest BCUT2D eigenvalue weighted by molar-refractivity contribution is 5.59. The molecule has 0 amide bonds. The molecule has 0 fully saturated rings. The Labute approximate surface area is 102 Å². The van der Waals surface area contributed by atoms with E-state index in [-0.39, 0.29) is 0 Å². The first kappa shape index (κ1) is 11.7. The van der Waals surface area contributed by atoms with Gasteiger partial charge < -0.3 is 5.73 Å². The highest BCUT2D eigenvalue weighted by atomic mass is 14.9. The first-order chi connectivity index (χ1) is 8.19. The Balaban J connectivity index is 2.32. The van der Waals surface area contributed by atoms with Crippen molar-refractivity contribution < 1.29 is 0 Å². The van der Waals surface area contributed by atoms with E-state index >= 15 is 0 Å². The van der Waals surface area contributed by atoms with Gasteiger partial charge in [-0.05, 0) is 38.4 Å². The summed E-state index contributed by atoms with van der Waals surface area (Å²) in [5.41, 5.74) is 9.90. The van der Waals surface area contributed by atoms with Crippen LogP contribution in [-0.4, -0.2) is 16.5 Å². The molecule has 2 rings (SSSR count). The predicted molar refractivity (Wildman–Crippen MR) is 69.7 cm³/mol. The zero-order valence-corrected chi connectivity index (χ0v) is 10.3. The van der Waals surface area contributed by atoms with Crippen LogP contribution in [0.25, 0.3) is 11.3 Å². The van der Waals surface area contributed by atoms with Crippen LogP contribution in [0.2, 0.25) is 0 Å². The maximum atomic E-state index is 5.53. The van der Waals surface area contributed by atoms with Crippen LogP contribution in [0.5, 0.6) is 0 Å². The molecule has 0 radical (unpaired) electrons. The van der Waals surface area contributed by atoms with Crippen LogP contribution in [-0.2, 0) is 6.42 Å². The fraction of sp³-hybridized carbons (Fsp3) is 0.286. The van der Waals surface area contributed by atoms with E-state index in [0.717, 1.165) is 29.2 Å². The minimum absolute atomic E-state index is 0.686. The number of hydrogen-bond acceptors (Lipinski definition) is 3. The lowest BCUT2D eigenvalue weighted by atomic mass is 10.1. The van der Waals surface area contributed by atoms with Gasteiger partial charge in [0.05, 0.1) is 5.69 Å². The van der Waals surface area contributed by atoms with Gasteiger partial charge >= 0.3 is 0 Å². The number of nitrogens with two attached hydrogens (primary N) is 1. The summed E-state index contributed by atoms with van der Waals surface area (Å²) in [4.78, 5) is 8.72. The van der Waals surface area contributed by atoms with E-state index in [2.05, 4.69) is 34.2 Å². The molecule has 3 heteroatoms. The molecule has 0 aliphatic heterocycles. The second-order valence-electron chi connectivity index (χ2n) is 4.18. The van der Waals surface area contributed by atoms with Crippen LogP contribution in [0.3, 0.4) is 0 Å². The summed E-state index contributed by atoms with van der Waals surface area (Å²) in [6.07, 6.45) is 0.919. The lowest BCUT2D eigenvalue weighted by Gasteiger charge is -2.05. The van der Waals surface area contributed by atoms with Gasteiger partial charge in [-0.1, -0.05) is 24.3 Å². The average molecular weight is 227 g/mol. The molecule has 0 aliphatic rings. The van der Waals surface area contributed by atoms with Crippen molar-refractivity contribution in [1.82, 2.24) is 9.97 Å². The van der Waals surface area contributed by atoms with Crippen molar-refractivity contribution in [1.29, 1.82) is 0 Å². The minimum atomic E-state index is 0.686. The lowest BCUT2D eigenvalue weighted by Crippen LogP contribution is -2.02. The zero-order chi connectivity index (χ0) is 12.3. The van der Waals surface area contributed by atoms with Gasteiger partial charge in [-0.25, -0.2) is 9.97 Å². The van der Waals surface area contributed by atoms with Crippen molar-refractivity contribution in [3.8, 4) is 11.3 Å². The van der Waals surface area contributed by atoms with Gasteiger partial charge in [0.1, 0.15) is 5.82 Å². The molecule has 0 aliphatic carbocycles. The SMILES string of the molecule is Cc1cc(-c2ccc(CCN)cc2)nc(C)n1. The maximum absolute atomic E-state index is 5.53. The van der Waals surface area contributed by atoms with Crippen molar-refractivity contribution in [3.63, 3.8) is 0 Å². The first-order valence-corrected chi connectivity index (χ1v) is 5.80. The van der Waals surface area contributed by atoms with Gasteiger partial charge in [-0.3, -0.25) is 0 Å². The van der Waals surface area contributed by atoms with E-state index in [1.807, 2.05) is 19.9 Å². The number of hydrogen-bond donors (Lipinski definition) is 1. The standard InChI is InChI=1S/C14H17N3/c1-10-9-14(17-11(2)16-10)13-5-3-12(4-6-13)7-8-15/h3-6,9H,7-8,15H2,1-2H3. The Bertz CT molecular complexity index is 483. The molecule has 3 nitrogen and oxygen atoms in total. The summed E-state index contributed by atoms with van der Waals surface area (Å²) in [6, 6.07) is 10.4. The van der Waals surface area contributed by atoms with E-state index in [1.165, 1.54) is 5.56 Å². The minimum Gasteiger partial charge on any atom is -0.330 e. The van der Waals surface area contributed by atoms with Gasteiger partial charge in [0.15, 0.2) is 0 Å². The number of rotatable bonds is 3. The quantitative estimate of drug-likeness (QED) is 0.875. The molecule has 1 aromatic carbocycles. The topological polar surface area (TPSA) is 51.8 Å². The van der Waals surface area contributed by atoms with Crippen molar-refractivity contribution >= 4 is 0 Å². The van der Waals surface area contributed by atoms with E-state index in [9.17, 15) is 0 Å². The molecule has 0 unspecified atom stereocenters. The Kier molecular flexibility index (Phi) is 3.49. The molecule has 2 N–H and O–H groups in total. The van der Waals surface area contributed by atoms with Crippen LogP contribution >= 0.6 is 0 Å². The Hall–Kier alpha value is -1.74. The third-order valence-electron chi connectivity index (χ3n) is 2.65. The Morgan fingerprint density at radius 1 is 1.06 bits per heavy atom. The molecule has 0 saturated heterocycles. The van der Waals surface area contributed by atoms with Crippen molar-refractivity contribution in [3.05, 3.63) is 47.4 Å². The van der Waals surface area contributed by atoms with Crippen LogP contribution in [0.1, 0.15) is 17.1 Å². The number of benzene rings is 1. The van der Waals surface area contributed by atoms with E-state index < -0.39 is 0 Å². The number of aryl methyl sites for hydroxylation is 2. The van der Waals surface area contributed by atoms with Gasteiger partial charge in [-0.15, -0.1) is 0 Å². The van der Waals surface area contributed by atoms with E-state index in [0.29, 0.717) is 6.54 Å². The fourth-order valence-corrected chi connectivity index (χ4v) is 1.87. The zero-order valence-electron chi connectivity index (χ0n) is 10.3. The second-order valence-corrected chi connectivity index (χ2v) is 4.18. The highest BCUT2D eigenvalue weighted by Crippen LogP contribution is 2.18. The molecule has 0 spiro atoms. The number of aromatic nitrogens is 2. The molecular formula is C14H17N3. The normalized spacial score (nSPS) is 10.5. The van der Waals surface area contributed by atoms with Crippen LogP contribution in [0, 0.1) is 13.8 Å². The Morgan fingerprint density at radius 3 is 2.35 bits per heavy atom. The molecule has 1 heterocycles. The highest BCUT2D eigenvalue weighted by Gasteiger charge is 2.02. The maximum Gasteiger partial charge on any atom is 0.126 e. The Morgan fingerprint density at radius 2 is 1.76 bits per heavy atom. The third kappa shape index (κ3) is 2.88. The predicted octanol–water partition coefficient (Wildman–Crippen LogP) is 2.26. The molecule has 0 saturated carbocycles. The van der Waals surface area contributed by atoms with Gasteiger partial charge in [0.2, 0.25) is 0 Å². The van der Waals surface area contributed by atoms with Crippen molar-refractivity contribution in [2.45, 2.75) is 20.3 Å². The van der Waals surface area contributed by atoms with Crippen LogP contribution < -0.4 is 5.73 Å². The summed E-state index contributed by atoms with van der Waals surface area (Å²) >= 11 is 0. The molecule has 2 aromatic rings. The lowest BCUT2D eigenvalue weighted by molar-refractivity contribution is 0.968. The average Bonchev–Trinajstić information content (AvgIpc) is 2.29. The molecule has 0 atom stereocenters. The van der Waals surface area contributed by atoms with Gasteiger partial charge in [0, 0.05) is 11.3 Å². The molecule has 88 valence electrons. The first-order valence-electron chi connectivity index (χ1n) is 5.80. The third-order valence-corrected chi connectivity index (χ3v) is 2.65. The summed E-state index contributed by atoms with van der Waals surface area (Å²) in [6.45, 7) is 4.59. The number of nitrogens with zero attached hydrogens (tertiary/aromatic N) is 2. The van der Waals surface area contributed by atoms with Crippen molar-refractivity contribution in [2.75, 3.05) is 6.54 Å². The van der Waals surface area contributed by atoms with Gasteiger partial charge in [0.25, 0.3) is 0 Å². The summed E-state index contributed by atoms with van der Waals surface area (Å²) < 4.78 is 0. The largest absolute Gasteiger partial charge is 0.330 e.